The van der Waals surface area contributed by atoms with Crippen molar-refractivity contribution in [1.82, 2.24) is 10.5 Å². The minimum absolute atomic E-state index is 0.0650. The molecule has 0 unspecified atom stereocenters. The summed E-state index contributed by atoms with van der Waals surface area (Å²) in [5.74, 6) is -1.42. The number of anilines is 2. The van der Waals surface area contributed by atoms with Crippen molar-refractivity contribution in [1.29, 1.82) is 0 Å². The SMILES string of the molecule is CC[C@@H](C)C(=O)N[C@H]1CN(C(=O)c2ccc(C(C)=O)cc2)c2ccccc2N(Cc2noc3cc(Br)ccc23)C1=O. The van der Waals surface area contributed by atoms with Gasteiger partial charge in [0.05, 0.1) is 24.5 Å². The highest BCUT2D eigenvalue weighted by Crippen LogP contribution is 2.36. The number of hydrogen-bond acceptors (Lipinski definition) is 6. The number of rotatable bonds is 7. The lowest BCUT2D eigenvalue weighted by atomic mass is 10.1. The number of nitrogens with zero attached hydrogens (tertiary/aromatic N) is 3. The number of fused-ring (bicyclic) bond motifs is 2. The predicted molar refractivity (Wildman–Crippen MR) is 159 cm³/mol. The minimum atomic E-state index is -1.02. The first-order chi connectivity index (χ1) is 19.7. The van der Waals surface area contributed by atoms with Crippen LogP contribution in [0.25, 0.3) is 11.0 Å². The highest BCUT2D eigenvalue weighted by Gasteiger charge is 2.38. The van der Waals surface area contributed by atoms with Gasteiger partial charge in [0.15, 0.2) is 11.4 Å². The summed E-state index contributed by atoms with van der Waals surface area (Å²) in [4.78, 5) is 55.9. The van der Waals surface area contributed by atoms with E-state index < -0.39 is 6.04 Å². The second kappa shape index (κ2) is 11.7. The molecule has 1 N–H and O–H groups in total. The van der Waals surface area contributed by atoms with Crippen molar-refractivity contribution in [3.05, 3.63) is 88.0 Å². The van der Waals surface area contributed by atoms with E-state index in [0.717, 1.165) is 9.86 Å². The number of nitrogens with one attached hydrogen (secondary N) is 1. The molecule has 3 aromatic carbocycles. The Bertz CT molecular complexity index is 1650. The maximum atomic E-state index is 14.2. The number of carbonyl (C=O) groups excluding carboxylic acids is 4. The van der Waals surface area contributed by atoms with Crippen molar-refractivity contribution in [2.24, 2.45) is 5.92 Å². The predicted octanol–water partition coefficient (Wildman–Crippen LogP) is 5.52. The Kier molecular flexibility index (Phi) is 8.03. The van der Waals surface area contributed by atoms with Gasteiger partial charge in [-0.25, -0.2) is 0 Å². The molecule has 1 aliphatic heterocycles. The van der Waals surface area contributed by atoms with Crippen LogP contribution in [0.3, 0.4) is 0 Å². The molecule has 9 nitrogen and oxygen atoms in total. The number of ketones is 1. The number of hydrogen-bond donors (Lipinski definition) is 1. The summed E-state index contributed by atoms with van der Waals surface area (Å²) in [6.45, 7) is 5.14. The van der Waals surface area contributed by atoms with Gasteiger partial charge in [-0.15, -0.1) is 0 Å². The van der Waals surface area contributed by atoms with Gasteiger partial charge in [-0.3, -0.25) is 19.2 Å². The van der Waals surface area contributed by atoms with Crippen LogP contribution in [0, 0.1) is 5.92 Å². The van der Waals surface area contributed by atoms with Crippen LogP contribution in [-0.4, -0.2) is 41.2 Å². The summed E-state index contributed by atoms with van der Waals surface area (Å²) in [5.41, 5.74) is 2.97. The van der Waals surface area contributed by atoms with Gasteiger partial charge in [0.1, 0.15) is 11.7 Å². The topological polar surface area (TPSA) is 113 Å². The molecule has 0 spiro atoms. The summed E-state index contributed by atoms with van der Waals surface area (Å²) in [5, 5.41) is 7.88. The number of para-hydroxylation sites is 2. The molecule has 1 aromatic heterocycles. The fourth-order valence-corrected chi connectivity index (χ4v) is 5.12. The van der Waals surface area contributed by atoms with Crippen LogP contribution < -0.4 is 15.1 Å². The van der Waals surface area contributed by atoms with Gasteiger partial charge in [-0.1, -0.05) is 59.2 Å². The average molecular weight is 618 g/mol. The molecule has 0 saturated heterocycles. The van der Waals surface area contributed by atoms with Crippen molar-refractivity contribution in [2.45, 2.75) is 39.8 Å². The number of amides is 3. The van der Waals surface area contributed by atoms with E-state index in [0.29, 0.717) is 40.2 Å². The van der Waals surface area contributed by atoms with Crippen LogP contribution in [-0.2, 0) is 16.1 Å². The van der Waals surface area contributed by atoms with E-state index in [2.05, 4.69) is 26.4 Å². The van der Waals surface area contributed by atoms with Gasteiger partial charge in [0.25, 0.3) is 11.8 Å². The maximum Gasteiger partial charge on any atom is 0.258 e. The van der Waals surface area contributed by atoms with Gasteiger partial charge >= 0.3 is 0 Å². The average Bonchev–Trinajstić information content (AvgIpc) is 3.33. The van der Waals surface area contributed by atoms with Crippen molar-refractivity contribution in [3.8, 4) is 0 Å². The lowest BCUT2D eigenvalue weighted by Gasteiger charge is -2.26. The molecule has 210 valence electrons. The van der Waals surface area contributed by atoms with E-state index in [9.17, 15) is 19.2 Å². The molecular formula is C31H29BrN4O5. The molecule has 41 heavy (non-hydrogen) atoms. The van der Waals surface area contributed by atoms with Gasteiger partial charge in [-0.2, -0.15) is 0 Å². The van der Waals surface area contributed by atoms with Crippen LogP contribution in [0.15, 0.2) is 75.7 Å². The fourth-order valence-electron chi connectivity index (χ4n) is 4.78. The lowest BCUT2D eigenvalue weighted by molar-refractivity contribution is -0.129. The van der Waals surface area contributed by atoms with Crippen LogP contribution in [0.4, 0.5) is 11.4 Å². The number of aromatic nitrogens is 1. The maximum absolute atomic E-state index is 14.2. The molecule has 5 rings (SSSR count). The standard InChI is InChI=1S/C31H29BrN4O5/c1-4-18(2)29(38)33-25-17-35(30(39)21-11-9-20(10-12-21)19(3)37)26-7-5-6-8-27(26)36(31(25)40)16-24-23-14-13-22(32)15-28(23)41-34-24/h5-15,18,25H,4,16-17H2,1-3H3,(H,33,38)/t18-,25+/m1/s1. The fraction of sp³-hybridized carbons (Fsp3) is 0.258. The van der Waals surface area contributed by atoms with E-state index in [1.165, 1.54) is 11.8 Å². The van der Waals surface area contributed by atoms with E-state index in [4.69, 9.17) is 4.52 Å². The van der Waals surface area contributed by atoms with Crippen LogP contribution in [0.1, 0.15) is 53.6 Å². The number of halogens is 1. The van der Waals surface area contributed by atoms with Crippen LogP contribution in [0.5, 0.6) is 0 Å². The highest BCUT2D eigenvalue weighted by atomic mass is 79.9. The quantitative estimate of drug-likeness (QED) is 0.274. The second-order valence-electron chi connectivity index (χ2n) is 10.1. The van der Waals surface area contributed by atoms with Gasteiger partial charge in [0.2, 0.25) is 5.91 Å². The summed E-state index contributed by atoms with van der Waals surface area (Å²) in [6.07, 6.45) is 0.600. The Hall–Kier alpha value is -4.31. The Balaban J connectivity index is 1.59. The number of Topliss-reactive ketones (excluding diaryl/α,β-unsaturated/α-hetero) is 1. The number of carbonyl (C=O) groups is 4. The van der Waals surface area contributed by atoms with E-state index >= 15 is 0 Å². The molecule has 0 fully saturated rings. The van der Waals surface area contributed by atoms with Crippen molar-refractivity contribution in [3.63, 3.8) is 0 Å². The van der Waals surface area contributed by atoms with Gasteiger partial charge in [0, 0.05) is 26.9 Å². The molecule has 0 radical (unpaired) electrons. The van der Waals surface area contributed by atoms with E-state index in [1.54, 1.807) is 66.4 Å². The molecule has 0 saturated carbocycles. The summed E-state index contributed by atoms with van der Waals surface area (Å²) >= 11 is 3.43. The smallest absolute Gasteiger partial charge is 0.258 e. The van der Waals surface area contributed by atoms with Crippen molar-refractivity contribution >= 4 is 61.8 Å². The normalized spacial score (nSPS) is 15.8. The largest absolute Gasteiger partial charge is 0.356 e. The molecular weight excluding hydrogens is 588 g/mol. The third-order valence-corrected chi connectivity index (χ3v) is 7.86. The Morgan fingerprint density at radius 1 is 1.05 bits per heavy atom. The Labute approximate surface area is 245 Å². The minimum Gasteiger partial charge on any atom is -0.356 e. The first-order valence-corrected chi connectivity index (χ1v) is 14.1. The zero-order valence-corrected chi connectivity index (χ0v) is 24.5. The molecule has 4 aromatic rings. The van der Waals surface area contributed by atoms with Crippen molar-refractivity contribution in [2.75, 3.05) is 16.3 Å². The van der Waals surface area contributed by atoms with Crippen LogP contribution >= 0.6 is 15.9 Å². The molecule has 0 bridgehead atoms. The summed E-state index contributed by atoms with van der Waals surface area (Å²) in [6, 6.07) is 18.0. The third-order valence-electron chi connectivity index (χ3n) is 7.37. The Morgan fingerprint density at radius 3 is 2.41 bits per heavy atom. The van der Waals surface area contributed by atoms with Crippen molar-refractivity contribution < 1.29 is 23.7 Å². The zero-order chi connectivity index (χ0) is 29.3. The lowest BCUT2D eigenvalue weighted by Crippen LogP contribution is -2.53. The van der Waals surface area contributed by atoms with E-state index in [-0.39, 0.29) is 42.5 Å². The molecule has 2 atom stereocenters. The van der Waals surface area contributed by atoms with E-state index in [1.807, 2.05) is 19.1 Å². The highest BCUT2D eigenvalue weighted by molar-refractivity contribution is 9.10. The number of benzene rings is 3. The van der Waals surface area contributed by atoms with Gasteiger partial charge < -0.3 is 19.6 Å². The summed E-state index contributed by atoms with van der Waals surface area (Å²) in [7, 11) is 0. The Morgan fingerprint density at radius 2 is 1.73 bits per heavy atom. The molecule has 2 heterocycles. The molecule has 10 heteroatoms. The second-order valence-corrected chi connectivity index (χ2v) is 11.0. The van der Waals surface area contributed by atoms with Gasteiger partial charge in [-0.05, 0) is 55.8 Å². The van der Waals surface area contributed by atoms with Crippen LogP contribution in [0.2, 0.25) is 0 Å². The molecule has 0 aliphatic carbocycles. The zero-order valence-electron chi connectivity index (χ0n) is 22.9. The molecule has 3 amide bonds. The first kappa shape index (κ1) is 28.2. The monoisotopic (exact) mass is 616 g/mol. The molecule has 1 aliphatic rings. The third kappa shape index (κ3) is 5.65. The first-order valence-electron chi connectivity index (χ1n) is 13.3. The summed E-state index contributed by atoms with van der Waals surface area (Å²) < 4.78 is 6.37.